The molecule has 0 fully saturated rings. The van der Waals surface area contributed by atoms with Crippen LogP contribution in [0.5, 0.6) is 5.88 Å². The lowest BCUT2D eigenvalue weighted by Gasteiger charge is -2.14. The zero-order chi connectivity index (χ0) is 13.4. The predicted molar refractivity (Wildman–Crippen MR) is 72.7 cm³/mol. The quantitative estimate of drug-likeness (QED) is 0.836. The Bertz CT molecular complexity index is 669. The van der Waals surface area contributed by atoms with Crippen LogP contribution >= 0.6 is 0 Å². The second-order valence-electron chi connectivity index (χ2n) is 4.74. The molecule has 1 aromatic carbocycles. The first-order valence-electron chi connectivity index (χ1n) is 5.91. The Hall–Kier alpha value is -2.03. The molecule has 0 saturated carbocycles. The van der Waals surface area contributed by atoms with Gasteiger partial charge >= 0.3 is 0 Å². The second kappa shape index (κ2) is 4.33. The first-order valence-corrected chi connectivity index (χ1v) is 5.91. The van der Waals surface area contributed by atoms with Crippen LogP contribution in [0.3, 0.4) is 0 Å². The Morgan fingerprint density at radius 2 is 1.67 bits per heavy atom. The number of pyridine rings is 1. The van der Waals surface area contributed by atoms with Crippen LogP contribution in [0.15, 0.2) is 29.1 Å². The van der Waals surface area contributed by atoms with Gasteiger partial charge < -0.3 is 5.11 Å². The highest BCUT2D eigenvalue weighted by atomic mass is 16.3. The van der Waals surface area contributed by atoms with Crippen molar-refractivity contribution in [1.29, 1.82) is 0 Å². The molecule has 0 atom stereocenters. The van der Waals surface area contributed by atoms with Gasteiger partial charge in [-0.25, -0.2) is 4.57 Å². The van der Waals surface area contributed by atoms with Crippen LogP contribution in [0.2, 0.25) is 0 Å². The molecule has 3 nitrogen and oxygen atoms in total. The number of aryl methyl sites for hydroxylation is 3. The largest absolute Gasteiger partial charge is 0.494 e. The lowest BCUT2D eigenvalue weighted by Crippen LogP contribution is -2.22. The monoisotopic (exact) mass is 243 g/mol. The van der Waals surface area contributed by atoms with Gasteiger partial charge in [-0.1, -0.05) is 17.7 Å². The van der Waals surface area contributed by atoms with E-state index in [1.165, 1.54) is 4.57 Å². The molecule has 0 aliphatic carbocycles. The van der Waals surface area contributed by atoms with Crippen molar-refractivity contribution in [3.05, 3.63) is 56.9 Å². The van der Waals surface area contributed by atoms with E-state index in [-0.39, 0.29) is 11.4 Å². The molecule has 2 rings (SSSR count). The SMILES string of the molecule is Cc1ccc(-n2c(O)cc(C)c(C)c2=O)c(C)c1. The Labute approximate surface area is 106 Å². The van der Waals surface area contributed by atoms with Gasteiger partial charge in [0.05, 0.1) is 5.69 Å². The van der Waals surface area contributed by atoms with Crippen LogP contribution < -0.4 is 5.56 Å². The standard InChI is InChI=1S/C15H17NO2/c1-9-5-6-13(11(3)7-9)16-14(17)8-10(2)12(4)15(16)18/h5-8,17H,1-4H3. The van der Waals surface area contributed by atoms with E-state index in [0.29, 0.717) is 5.56 Å². The number of rotatable bonds is 1. The van der Waals surface area contributed by atoms with Crippen molar-refractivity contribution in [3.63, 3.8) is 0 Å². The molecular formula is C15H17NO2. The van der Waals surface area contributed by atoms with Crippen molar-refractivity contribution < 1.29 is 5.11 Å². The smallest absolute Gasteiger partial charge is 0.261 e. The summed E-state index contributed by atoms with van der Waals surface area (Å²) in [6.07, 6.45) is 0. The number of hydrogen-bond donors (Lipinski definition) is 1. The maximum Gasteiger partial charge on any atom is 0.261 e. The summed E-state index contributed by atoms with van der Waals surface area (Å²) in [5.74, 6) is -0.0185. The van der Waals surface area contributed by atoms with Crippen LogP contribution in [0, 0.1) is 27.7 Å². The molecule has 0 radical (unpaired) electrons. The van der Waals surface area contributed by atoms with Gasteiger partial charge in [0, 0.05) is 11.6 Å². The third-order valence-corrected chi connectivity index (χ3v) is 3.28. The molecule has 3 heteroatoms. The Balaban J connectivity index is 2.80. The van der Waals surface area contributed by atoms with Crippen molar-refractivity contribution >= 4 is 0 Å². The molecule has 0 unspecified atom stereocenters. The number of hydrogen-bond acceptors (Lipinski definition) is 2. The van der Waals surface area contributed by atoms with E-state index < -0.39 is 0 Å². The summed E-state index contributed by atoms with van der Waals surface area (Å²) in [4.78, 5) is 12.3. The fourth-order valence-electron chi connectivity index (χ4n) is 2.10. The molecule has 1 aromatic heterocycles. The zero-order valence-corrected chi connectivity index (χ0v) is 11.1. The van der Waals surface area contributed by atoms with Gasteiger partial charge in [-0.2, -0.15) is 0 Å². The number of aromatic hydroxyl groups is 1. The van der Waals surface area contributed by atoms with Crippen molar-refractivity contribution in [3.8, 4) is 11.6 Å². The van der Waals surface area contributed by atoms with Crippen LogP contribution in [0.4, 0.5) is 0 Å². The van der Waals surface area contributed by atoms with Crippen molar-refractivity contribution in [2.45, 2.75) is 27.7 Å². The second-order valence-corrected chi connectivity index (χ2v) is 4.74. The van der Waals surface area contributed by atoms with Crippen LogP contribution in [-0.2, 0) is 0 Å². The molecule has 1 heterocycles. The minimum absolute atomic E-state index is 0.0185. The highest BCUT2D eigenvalue weighted by Gasteiger charge is 2.12. The van der Waals surface area contributed by atoms with E-state index in [1.807, 2.05) is 39.0 Å². The van der Waals surface area contributed by atoms with E-state index in [0.717, 1.165) is 22.4 Å². The molecule has 0 aliphatic rings. The predicted octanol–water partition coefficient (Wildman–Crippen LogP) is 2.78. The topological polar surface area (TPSA) is 42.2 Å². The molecule has 0 spiro atoms. The Kier molecular flexibility index (Phi) is 2.99. The van der Waals surface area contributed by atoms with Gasteiger partial charge in [0.2, 0.25) is 0 Å². The first-order chi connectivity index (χ1) is 8.41. The summed E-state index contributed by atoms with van der Waals surface area (Å²) in [5, 5.41) is 10.0. The molecule has 94 valence electrons. The molecule has 0 aliphatic heterocycles. The minimum Gasteiger partial charge on any atom is -0.494 e. The Morgan fingerprint density at radius 1 is 1.00 bits per heavy atom. The molecule has 0 bridgehead atoms. The molecular weight excluding hydrogens is 226 g/mol. The van der Waals surface area contributed by atoms with Crippen molar-refractivity contribution in [1.82, 2.24) is 4.57 Å². The van der Waals surface area contributed by atoms with Gasteiger partial charge in [-0.15, -0.1) is 0 Å². The highest BCUT2D eigenvalue weighted by molar-refractivity contribution is 5.46. The van der Waals surface area contributed by atoms with Crippen LogP contribution in [0.25, 0.3) is 5.69 Å². The molecule has 2 aromatic rings. The zero-order valence-electron chi connectivity index (χ0n) is 11.1. The van der Waals surface area contributed by atoms with E-state index >= 15 is 0 Å². The van der Waals surface area contributed by atoms with Gasteiger partial charge in [0.15, 0.2) is 5.88 Å². The van der Waals surface area contributed by atoms with Crippen molar-refractivity contribution in [2.75, 3.05) is 0 Å². The van der Waals surface area contributed by atoms with Gasteiger partial charge in [-0.05, 0) is 44.9 Å². The highest BCUT2D eigenvalue weighted by Crippen LogP contribution is 2.21. The fraction of sp³-hybridized carbons (Fsp3) is 0.267. The summed E-state index contributed by atoms with van der Waals surface area (Å²) in [5.41, 5.74) is 4.13. The number of benzene rings is 1. The summed E-state index contributed by atoms with van der Waals surface area (Å²) >= 11 is 0. The van der Waals surface area contributed by atoms with Crippen LogP contribution in [-0.4, -0.2) is 9.67 Å². The van der Waals surface area contributed by atoms with Gasteiger partial charge in [-0.3, -0.25) is 4.79 Å². The summed E-state index contributed by atoms with van der Waals surface area (Å²) < 4.78 is 1.36. The average molecular weight is 243 g/mol. The first kappa shape index (κ1) is 12.4. The Morgan fingerprint density at radius 3 is 2.28 bits per heavy atom. The average Bonchev–Trinajstić information content (AvgIpc) is 2.29. The fourth-order valence-corrected chi connectivity index (χ4v) is 2.10. The van der Waals surface area contributed by atoms with Gasteiger partial charge in [0.25, 0.3) is 5.56 Å². The van der Waals surface area contributed by atoms with E-state index in [4.69, 9.17) is 0 Å². The normalized spacial score (nSPS) is 10.7. The third-order valence-electron chi connectivity index (χ3n) is 3.28. The summed E-state index contributed by atoms with van der Waals surface area (Å²) in [7, 11) is 0. The maximum atomic E-state index is 12.3. The van der Waals surface area contributed by atoms with E-state index in [1.54, 1.807) is 13.0 Å². The third kappa shape index (κ3) is 1.92. The maximum absolute atomic E-state index is 12.3. The lowest BCUT2D eigenvalue weighted by atomic mass is 10.1. The van der Waals surface area contributed by atoms with E-state index in [9.17, 15) is 9.90 Å². The molecule has 0 saturated heterocycles. The molecule has 1 N–H and O–H groups in total. The van der Waals surface area contributed by atoms with E-state index in [2.05, 4.69) is 0 Å². The van der Waals surface area contributed by atoms with Gasteiger partial charge in [0.1, 0.15) is 0 Å². The van der Waals surface area contributed by atoms with Crippen molar-refractivity contribution in [2.24, 2.45) is 0 Å². The molecule has 0 amide bonds. The summed E-state index contributed by atoms with van der Waals surface area (Å²) in [6, 6.07) is 7.41. The lowest BCUT2D eigenvalue weighted by molar-refractivity contribution is 0.434. The number of aromatic nitrogens is 1. The molecule has 18 heavy (non-hydrogen) atoms. The number of nitrogens with zero attached hydrogens (tertiary/aromatic N) is 1. The minimum atomic E-state index is -0.167. The summed E-state index contributed by atoms with van der Waals surface area (Å²) in [6.45, 7) is 7.53. The van der Waals surface area contributed by atoms with Crippen LogP contribution in [0.1, 0.15) is 22.3 Å².